The second-order valence-electron chi connectivity index (χ2n) is 6.98. The minimum Gasteiger partial charge on any atom is -0.338 e. The van der Waals surface area contributed by atoms with Crippen LogP contribution in [0.4, 0.5) is 0 Å². The first-order chi connectivity index (χ1) is 9.97. The molecule has 4 nitrogen and oxygen atoms in total. The molecule has 0 radical (unpaired) electrons. The van der Waals surface area contributed by atoms with Gasteiger partial charge in [0.05, 0.1) is 6.04 Å². The van der Waals surface area contributed by atoms with Crippen LogP contribution in [-0.4, -0.2) is 10.1 Å². The third kappa shape index (κ3) is 2.72. The van der Waals surface area contributed by atoms with Crippen LogP contribution in [-0.2, 0) is 6.42 Å². The minimum absolute atomic E-state index is 0.0890. The number of hydrogen-bond acceptors (Lipinski definition) is 4. The number of aryl methyl sites for hydroxylation is 1. The molecule has 2 N–H and O–H groups in total. The highest BCUT2D eigenvalue weighted by Gasteiger charge is 2.30. The molecule has 2 aromatic rings. The number of benzene rings is 1. The summed E-state index contributed by atoms with van der Waals surface area (Å²) in [5, 5.41) is 4.21. The van der Waals surface area contributed by atoms with Crippen LogP contribution in [0.1, 0.15) is 68.4 Å². The summed E-state index contributed by atoms with van der Waals surface area (Å²) in [6, 6.07) is 8.32. The van der Waals surface area contributed by atoms with Gasteiger partial charge in [0.25, 0.3) is 0 Å². The van der Waals surface area contributed by atoms with E-state index < -0.39 is 0 Å². The standard InChI is InChI=1S/C17H23N3O/c1-17(2,3)14(18)16-19-15(20-21-16)13-10-6-8-11-7-4-5-9-12(11)13/h4-5,7,9,13-14H,6,8,10,18H2,1-3H3/t13?,14-/m1/s1. The van der Waals surface area contributed by atoms with E-state index in [2.05, 4.69) is 55.2 Å². The highest BCUT2D eigenvalue weighted by molar-refractivity contribution is 5.36. The lowest BCUT2D eigenvalue weighted by Crippen LogP contribution is -2.26. The van der Waals surface area contributed by atoms with Crippen LogP contribution in [0.2, 0.25) is 0 Å². The molecule has 0 aliphatic heterocycles. The summed E-state index contributed by atoms with van der Waals surface area (Å²) in [5.74, 6) is 1.55. The van der Waals surface area contributed by atoms with Gasteiger partial charge in [0.2, 0.25) is 5.89 Å². The smallest absolute Gasteiger partial charge is 0.244 e. The van der Waals surface area contributed by atoms with Crippen LogP contribution in [0, 0.1) is 5.41 Å². The van der Waals surface area contributed by atoms with E-state index in [1.54, 1.807) is 0 Å². The lowest BCUT2D eigenvalue weighted by Gasteiger charge is -2.24. The maximum atomic E-state index is 6.21. The maximum Gasteiger partial charge on any atom is 0.244 e. The summed E-state index contributed by atoms with van der Waals surface area (Å²) < 4.78 is 5.44. The molecular formula is C17H23N3O. The van der Waals surface area contributed by atoms with E-state index in [1.165, 1.54) is 11.1 Å². The van der Waals surface area contributed by atoms with E-state index in [0.29, 0.717) is 5.89 Å². The molecule has 1 aromatic heterocycles. The summed E-state index contributed by atoms with van der Waals surface area (Å²) >= 11 is 0. The highest BCUT2D eigenvalue weighted by atomic mass is 16.5. The van der Waals surface area contributed by atoms with E-state index in [-0.39, 0.29) is 17.4 Å². The van der Waals surface area contributed by atoms with Crippen LogP contribution >= 0.6 is 0 Å². The minimum atomic E-state index is -0.238. The SMILES string of the molecule is CC(C)(C)[C@H](N)c1nc(C2CCCc3ccccc32)no1. The second kappa shape index (κ2) is 5.26. The van der Waals surface area contributed by atoms with E-state index in [9.17, 15) is 0 Å². The van der Waals surface area contributed by atoms with Crippen molar-refractivity contribution in [3.8, 4) is 0 Å². The van der Waals surface area contributed by atoms with Gasteiger partial charge in [0, 0.05) is 5.92 Å². The van der Waals surface area contributed by atoms with Crippen molar-refractivity contribution >= 4 is 0 Å². The average molecular weight is 285 g/mol. The van der Waals surface area contributed by atoms with Gasteiger partial charge in [0.1, 0.15) is 0 Å². The molecule has 1 heterocycles. The van der Waals surface area contributed by atoms with Crippen LogP contribution in [0.5, 0.6) is 0 Å². The Morgan fingerprint density at radius 2 is 2.05 bits per heavy atom. The molecule has 1 aromatic carbocycles. The first-order valence-corrected chi connectivity index (χ1v) is 7.63. The zero-order valence-corrected chi connectivity index (χ0v) is 13.0. The fraction of sp³-hybridized carbons (Fsp3) is 0.529. The molecule has 4 heteroatoms. The van der Waals surface area contributed by atoms with Crippen LogP contribution in [0.3, 0.4) is 0 Å². The van der Waals surface area contributed by atoms with Crippen LogP contribution in [0.25, 0.3) is 0 Å². The van der Waals surface area contributed by atoms with E-state index in [0.717, 1.165) is 25.1 Å². The van der Waals surface area contributed by atoms with Crippen molar-refractivity contribution in [2.24, 2.45) is 11.1 Å². The molecule has 1 aliphatic rings. The molecule has 0 saturated carbocycles. The monoisotopic (exact) mass is 285 g/mol. The fourth-order valence-corrected chi connectivity index (χ4v) is 2.91. The summed E-state index contributed by atoms with van der Waals surface area (Å²) in [4.78, 5) is 4.60. The molecule has 2 atom stereocenters. The van der Waals surface area contributed by atoms with Gasteiger partial charge in [-0.25, -0.2) is 0 Å². The van der Waals surface area contributed by atoms with Crippen LogP contribution in [0.15, 0.2) is 28.8 Å². The summed E-state index contributed by atoms with van der Waals surface area (Å²) in [6.07, 6.45) is 3.37. The van der Waals surface area contributed by atoms with E-state index in [4.69, 9.17) is 10.3 Å². The van der Waals surface area contributed by atoms with Gasteiger partial charge in [-0.2, -0.15) is 4.98 Å². The lowest BCUT2D eigenvalue weighted by molar-refractivity contribution is 0.252. The maximum absolute atomic E-state index is 6.21. The van der Waals surface area contributed by atoms with Gasteiger partial charge in [0.15, 0.2) is 5.82 Å². The quantitative estimate of drug-likeness (QED) is 0.916. The zero-order valence-electron chi connectivity index (χ0n) is 13.0. The van der Waals surface area contributed by atoms with Gasteiger partial charge in [-0.1, -0.05) is 50.2 Å². The topological polar surface area (TPSA) is 64.9 Å². The Bertz CT molecular complexity index is 627. The Hall–Kier alpha value is -1.68. The van der Waals surface area contributed by atoms with Crippen molar-refractivity contribution in [3.05, 3.63) is 47.1 Å². The molecule has 0 amide bonds. The van der Waals surface area contributed by atoms with Gasteiger partial charge in [-0.05, 0) is 35.8 Å². The molecule has 0 fully saturated rings. The largest absolute Gasteiger partial charge is 0.338 e. The fourth-order valence-electron chi connectivity index (χ4n) is 2.91. The first-order valence-electron chi connectivity index (χ1n) is 7.63. The molecule has 0 saturated heterocycles. The van der Waals surface area contributed by atoms with Crippen molar-refractivity contribution in [1.29, 1.82) is 0 Å². The number of hydrogen-bond donors (Lipinski definition) is 1. The van der Waals surface area contributed by atoms with Crippen molar-refractivity contribution in [2.45, 2.75) is 52.0 Å². The van der Waals surface area contributed by atoms with Gasteiger partial charge in [-0.15, -0.1) is 0 Å². The van der Waals surface area contributed by atoms with Gasteiger partial charge >= 0.3 is 0 Å². The molecule has 112 valence electrons. The molecule has 3 rings (SSSR count). The average Bonchev–Trinajstić information content (AvgIpc) is 2.94. The summed E-state index contributed by atoms with van der Waals surface area (Å²) in [6.45, 7) is 6.24. The zero-order chi connectivity index (χ0) is 15.0. The molecule has 0 bridgehead atoms. The number of fused-ring (bicyclic) bond motifs is 1. The second-order valence-corrected chi connectivity index (χ2v) is 6.98. The predicted octanol–water partition coefficient (Wildman–Crippen LogP) is 3.58. The summed E-state index contributed by atoms with van der Waals surface area (Å²) in [7, 11) is 0. The first kappa shape index (κ1) is 14.3. The Kier molecular flexibility index (Phi) is 3.57. The molecule has 1 aliphatic carbocycles. The van der Waals surface area contributed by atoms with Crippen molar-refractivity contribution < 1.29 is 4.52 Å². The van der Waals surface area contributed by atoms with Crippen molar-refractivity contribution in [2.75, 3.05) is 0 Å². The Labute approximate surface area is 125 Å². The predicted molar refractivity (Wildman–Crippen MR) is 81.9 cm³/mol. The lowest BCUT2D eigenvalue weighted by atomic mass is 9.82. The molecule has 0 spiro atoms. The van der Waals surface area contributed by atoms with Gasteiger partial charge in [-0.3, -0.25) is 0 Å². The van der Waals surface area contributed by atoms with Gasteiger partial charge < -0.3 is 10.3 Å². The third-order valence-electron chi connectivity index (χ3n) is 4.34. The van der Waals surface area contributed by atoms with E-state index in [1.807, 2.05) is 0 Å². The number of nitrogens with zero attached hydrogens (tertiary/aromatic N) is 2. The number of nitrogens with two attached hydrogens (primary N) is 1. The van der Waals surface area contributed by atoms with Crippen molar-refractivity contribution in [1.82, 2.24) is 10.1 Å². The molecule has 1 unspecified atom stereocenters. The summed E-state index contributed by atoms with van der Waals surface area (Å²) in [5.41, 5.74) is 8.86. The highest BCUT2D eigenvalue weighted by Crippen LogP contribution is 2.36. The molecule has 21 heavy (non-hydrogen) atoms. The van der Waals surface area contributed by atoms with E-state index >= 15 is 0 Å². The number of aromatic nitrogens is 2. The Balaban J connectivity index is 1.91. The van der Waals surface area contributed by atoms with Crippen LogP contribution < -0.4 is 5.73 Å². The van der Waals surface area contributed by atoms with Crippen molar-refractivity contribution in [3.63, 3.8) is 0 Å². The normalized spacial score (nSPS) is 20.1. The third-order valence-corrected chi connectivity index (χ3v) is 4.34. The Morgan fingerprint density at radius 3 is 2.81 bits per heavy atom. The number of rotatable bonds is 2. The molecular weight excluding hydrogens is 262 g/mol. The Morgan fingerprint density at radius 1 is 1.29 bits per heavy atom.